The minimum absolute atomic E-state index is 0.0223. The molecule has 168 valence electrons. The molecule has 0 saturated heterocycles. The highest BCUT2D eigenvalue weighted by molar-refractivity contribution is 7.80. The van der Waals surface area contributed by atoms with Gasteiger partial charge in [0.15, 0.2) is 0 Å². The van der Waals surface area contributed by atoms with Gasteiger partial charge in [0.1, 0.15) is 5.75 Å². The molecular formula is C25H46O2SSi. The molecular weight excluding hydrogens is 392 g/mol. The Labute approximate surface area is 187 Å². The third-order valence-electron chi connectivity index (χ3n) is 5.44. The molecule has 0 aliphatic rings. The van der Waals surface area contributed by atoms with E-state index in [-0.39, 0.29) is 10.8 Å². The number of rotatable bonds is 12. The summed E-state index contributed by atoms with van der Waals surface area (Å²) in [7, 11) is -2.34. The largest absolute Gasteiger partial charge is 0.520 e. The van der Waals surface area contributed by atoms with Crippen LogP contribution in [-0.2, 0) is 15.3 Å². The van der Waals surface area contributed by atoms with Crippen molar-refractivity contribution in [2.45, 2.75) is 110 Å². The zero-order chi connectivity index (χ0) is 22.1. The first kappa shape index (κ1) is 26.6. The Morgan fingerprint density at radius 2 is 1.48 bits per heavy atom. The molecule has 0 aliphatic carbocycles. The summed E-state index contributed by atoms with van der Waals surface area (Å²) in [6, 6.07) is 8.89. The van der Waals surface area contributed by atoms with Crippen LogP contribution in [0.3, 0.4) is 0 Å². The predicted octanol–water partition coefficient (Wildman–Crippen LogP) is 8.04. The van der Waals surface area contributed by atoms with Crippen LogP contribution in [0.25, 0.3) is 0 Å². The van der Waals surface area contributed by atoms with Crippen molar-refractivity contribution in [2.24, 2.45) is 0 Å². The fraction of sp³-hybridized carbons (Fsp3) is 0.760. The second-order valence-electron chi connectivity index (χ2n) is 10.4. The Bertz CT molecular complexity index is 594. The number of hydrogen-bond acceptors (Lipinski definition) is 3. The lowest BCUT2D eigenvalue weighted by Crippen LogP contribution is -2.46. The highest BCUT2D eigenvalue weighted by Gasteiger charge is 2.40. The maximum absolute atomic E-state index is 6.96. The average molecular weight is 439 g/mol. The van der Waals surface area contributed by atoms with E-state index in [0.29, 0.717) is 0 Å². The summed E-state index contributed by atoms with van der Waals surface area (Å²) in [5.74, 6) is 1.92. The Hall–Kier alpha value is -0.453. The molecule has 0 heterocycles. The summed E-state index contributed by atoms with van der Waals surface area (Å²) in [5.41, 5.74) is 2.80. The summed E-state index contributed by atoms with van der Waals surface area (Å²) < 4.78 is 13.6. The zero-order valence-electron chi connectivity index (χ0n) is 20.4. The van der Waals surface area contributed by atoms with Gasteiger partial charge in [0.2, 0.25) is 0 Å². The van der Waals surface area contributed by atoms with E-state index in [4.69, 9.17) is 8.85 Å². The van der Waals surface area contributed by atoms with E-state index in [9.17, 15) is 0 Å². The molecule has 1 unspecified atom stereocenters. The molecule has 2 nitrogen and oxygen atoms in total. The third-order valence-corrected chi connectivity index (χ3v) is 9.31. The van der Waals surface area contributed by atoms with Crippen molar-refractivity contribution in [1.82, 2.24) is 0 Å². The molecule has 4 heteroatoms. The second-order valence-corrected chi connectivity index (χ2v) is 14.1. The lowest BCUT2D eigenvalue weighted by molar-refractivity contribution is 0.227. The van der Waals surface area contributed by atoms with Gasteiger partial charge < -0.3 is 8.85 Å². The standard InChI is InChI=1S/C25H46O2SSi/c1-9-11-16-26-29(18-12-10-2,19-13-17-28)27-23-15-14-21(24(3,4)5)20-22(23)25(6,7)8/h14-15,20,28H,9-13,16-19H2,1-8H3. The lowest BCUT2D eigenvalue weighted by Gasteiger charge is -2.35. The quantitative estimate of drug-likeness (QED) is 0.202. The fourth-order valence-electron chi connectivity index (χ4n) is 3.47. The van der Waals surface area contributed by atoms with Crippen molar-refractivity contribution in [3.05, 3.63) is 29.3 Å². The topological polar surface area (TPSA) is 18.5 Å². The summed E-state index contributed by atoms with van der Waals surface area (Å²) in [6.07, 6.45) is 5.63. The molecule has 0 N–H and O–H groups in total. The van der Waals surface area contributed by atoms with Crippen LogP contribution in [0.4, 0.5) is 0 Å². The molecule has 1 rings (SSSR count). The predicted molar refractivity (Wildman–Crippen MR) is 134 cm³/mol. The monoisotopic (exact) mass is 438 g/mol. The zero-order valence-corrected chi connectivity index (χ0v) is 22.3. The number of thiol groups is 1. The lowest BCUT2D eigenvalue weighted by atomic mass is 9.80. The first-order valence-electron chi connectivity index (χ1n) is 11.6. The van der Waals surface area contributed by atoms with Crippen LogP contribution in [0.1, 0.15) is 98.6 Å². The summed E-state index contributed by atoms with van der Waals surface area (Å²) in [6.45, 7) is 18.9. The van der Waals surface area contributed by atoms with Gasteiger partial charge in [-0.25, -0.2) is 0 Å². The normalized spacial score (nSPS) is 14.7. The summed E-state index contributed by atoms with van der Waals surface area (Å²) in [5, 5.41) is 0. The van der Waals surface area contributed by atoms with Gasteiger partial charge >= 0.3 is 8.56 Å². The maximum Gasteiger partial charge on any atom is 0.398 e. The molecule has 0 saturated carbocycles. The van der Waals surface area contributed by atoms with Gasteiger partial charge in [-0.2, -0.15) is 12.6 Å². The van der Waals surface area contributed by atoms with E-state index in [1.54, 1.807) is 0 Å². The van der Waals surface area contributed by atoms with E-state index in [1.165, 1.54) is 17.5 Å². The van der Waals surface area contributed by atoms with Gasteiger partial charge in [-0.15, -0.1) is 0 Å². The van der Waals surface area contributed by atoms with E-state index in [1.807, 2.05) is 0 Å². The van der Waals surface area contributed by atoms with Crippen molar-refractivity contribution in [3.63, 3.8) is 0 Å². The Kier molecular flexibility index (Phi) is 10.8. The minimum atomic E-state index is -2.34. The summed E-state index contributed by atoms with van der Waals surface area (Å²) in [4.78, 5) is 0. The average Bonchev–Trinajstić information content (AvgIpc) is 2.63. The number of hydrogen-bond donors (Lipinski definition) is 1. The molecule has 0 aromatic heterocycles. The smallest absolute Gasteiger partial charge is 0.398 e. The van der Waals surface area contributed by atoms with E-state index >= 15 is 0 Å². The Morgan fingerprint density at radius 1 is 0.862 bits per heavy atom. The molecule has 0 fully saturated rings. The highest BCUT2D eigenvalue weighted by Crippen LogP contribution is 2.38. The van der Waals surface area contributed by atoms with Gasteiger partial charge in [0.25, 0.3) is 0 Å². The third kappa shape index (κ3) is 8.67. The van der Waals surface area contributed by atoms with E-state index in [0.717, 1.165) is 55.9 Å². The van der Waals surface area contributed by atoms with E-state index in [2.05, 4.69) is 86.2 Å². The molecule has 0 radical (unpaired) electrons. The number of benzene rings is 1. The Morgan fingerprint density at radius 3 is 2.00 bits per heavy atom. The Balaban J connectivity index is 3.36. The number of unbranched alkanes of at least 4 members (excludes halogenated alkanes) is 2. The first-order chi connectivity index (χ1) is 13.5. The molecule has 1 atom stereocenters. The summed E-state index contributed by atoms with van der Waals surface area (Å²) >= 11 is 4.48. The molecule has 1 aromatic carbocycles. The molecule has 29 heavy (non-hydrogen) atoms. The second kappa shape index (κ2) is 11.8. The van der Waals surface area contributed by atoms with Gasteiger partial charge in [-0.3, -0.25) is 0 Å². The maximum atomic E-state index is 6.96. The van der Waals surface area contributed by atoms with Gasteiger partial charge in [-0.05, 0) is 46.6 Å². The van der Waals surface area contributed by atoms with Gasteiger partial charge in [0.05, 0.1) is 0 Å². The van der Waals surface area contributed by atoms with E-state index < -0.39 is 8.56 Å². The van der Waals surface area contributed by atoms with Crippen LogP contribution in [0.5, 0.6) is 5.75 Å². The van der Waals surface area contributed by atoms with Crippen molar-refractivity contribution in [1.29, 1.82) is 0 Å². The van der Waals surface area contributed by atoms with Crippen molar-refractivity contribution < 1.29 is 8.85 Å². The first-order valence-corrected chi connectivity index (χ1v) is 14.4. The highest BCUT2D eigenvalue weighted by atomic mass is 32.1. The van der Waals surface area contributed by atoms with Gasteiger partial charge in [0, 0.05) is 18.7 Å². The molecule has 0 bridgehead atoms. The van der Waals surface area contributed by atoms with Crippen LogP contribution in [0.2, 0.25) is 12.1 Å². The molecule has 0 aliphatic heterocycles. The van der Waals surface area contributed by atoms with Crippen molar-refractivity contribution in [2.75, 3.05) is 12.4 Å². The van der Waals surface area contributed by atoms with Crippen LogP contribution in [0.15, 0.2) is 18.2 Å². The molecule has 0 spiro atoms. The molecule has 0 amide bonds. The minimum Gasteiger partial charge on any atom is -0.520 e. The van der Waals surface area contributed by atoms with Gasteiger partial charge in [-0.1, -0.05) is 86.8 Å². The van der Waals surface area contributed by atoms with Crippen LogP contribution in [-0.4, -0.2) is 20.9 Å². The van der Waals surface area contributed by atoms with Crippen LogP contribution >= 0.6 is 12.6 Å². The van der Waals surface area contributed by atoms with Crippen LogP contribution in [0, 0.1) is 0 Å². The SMILES string of the molecule is CCCCO[Si](CCCC)(CCCS)Oc1ccc(C(C)(C)C)cc1C(C)(C)C. The van der Waals surface area contributed by atoms with Crippen molar-refractivity contribution in [3.8, 4) is 5.75 Å². The van der Waals surface area contributed by atoms with Crippen LogP contribution < -0.4 is 4.43 Å². The van der Waals surface area contributed by atoms with Crippen molar-refractivity contribution >= 4 is 21.2 Å². The fourth-order valence-corrected chi connectivity index (χ4v) is 7.43. The molecule has 1 aromatic rings.